The van der Waals surface area contributed by atoms with Crippen LogP contribution in [-0.2, 0) is 20.7 Å². The van der Waals surface area contributed by atoms with Crippen molar-refractivity contribution < 1.29 is 14.3 Å². The molecule has 1 atom stereocenters. The molecule has 0 aliphatic carbocycles. The van der Waals surface area contributed by atoms with Gasteiger partial charge in [-0.05, 0) is 20.3 Å². The maximum Gasteiger partial charge on any atom is 0.310 e. The summed E-state index contributed by atoms with van der Waals surface area (Å²) >= 11 is 0. The lowest BCUT2D eigenvalue weighted by Gasteiger charge is -2.15. The predicted octanol–water partition coefficient (Wildman–Crippen LogP) is 0.945. The number of ether oxygens (including phenoxy) is 2. The molecule has 0 saturated heterocycles. The molecule has 0 amide bonds. The van der Waals surface area contributed by atoms with Crippen LogP contribution in [0.3, 0.4) is 0 Å². The van der Waals surface area contributed by atoms with Gasteiger partial charge in [-0.3, -0.25) is 9.59 Å². The van der Waals surface area contributed by atoms with Gasteiger partial charge in [-0.1, -0.05) is 6.92 Å². The van der Waals surface area contributed by atoms with Crippen LogP contribution in [-0.4, -0.2) is 29.2 Å². The number of nitrogen functional groups attached to an aromatic ring is 1. The molecule has 112 valence electrons. The van der Waals surface area contributed by atoms with Crippen molar-refractivity contribution in [1.82, 2.24) is 9.97 Å². The number of H-pyrrole nitrogens is 1. The van der Waals surface area contributed by atoms with Crippen LogP contribution < -0.4 is 11.3 Å². The zero-order valence-corrected chi connectivity index (χ0v) is 12.1. The first kappa shape index (κ1) is 16.2. The Labute approximate surface area is 117 Å². The Balaban J connectivity index is 3.02. The number of aromatic amines is 1. The fourth-order valence-corrected chi connectivity index (χ4v) is 1.80. The van der Waals surface area contributed by atoms with E-state index in [0.717, 1.165) is 0 Å². The second-order valence-electron chi connectivity index (χ2n) is 4.15. The summed E-state index contributed by atoms with van der Waals surface area (Å²) in [7, 11) is 0. The van der Waals surface area contributed by atoms with E-state index in [9.17, 15) is 9.59 Å². The van der Waals surface area contributed by atoms with Crippen molar-refractivity contribution in [1.29, 1.82) is 0 Å². The molecule has 0 saturated carbocycles. The molecular formula is C13H21N3O4. The van der Waals surface area contributed by atoms with E-state index in [1.165, 1.54) is 0 Å². The van der Waals surface area contributed by atoms with E-state index in [1.54, 1.807) is 6.92 Å². The van der Waals surface area contributed by atoms with E-state index >= 15 is 0 Å². The second kappa shape index (κ2) is 7.64. The van der Waals surface area contributed by atoms with Crippen LogP contribution in [0.2, 0.25) is 0 Å². The predicted molar refractivity (Wildman–Crippen MR) is 74.3 cm³/mol. The standard InChI is InChI=1S/C13H21N3O4/c1-4-9(19-5-2)12-15-11(14)8(13(18)16-12)7-10(17)20-6-3/h9H,4-7H2,1-3H3,(H3,14,15,16,18). The van der Waals surface area contributed by atoms with Crippen molar-refractivity contribution >= 4 is 11.8 Å². The van der Waals surface area contributed by atoms with Crippen LogP contribution in [0, 0.1) is 0 Å². The van der Waals surface area contributed by atoms with E-state index in [1.807, 2.05) is 13.8 Å². The quantitative estimate of drug-likeness (QED) is 0.721. The first-order chi connectivity index (χ1) is 9.53. The normalized spacial score (nSPS) is 12.2. The number of aromatic nitrogens is 2. The Morgan fingerprint density at radius 1 is 1.35 bits per heavy atom. The Morgan fingerprint density at radius 3 is 2.55 bits per heavy atom. The van der Waals surface area contributed by atoms with Crippen molar-refractivity contribution in [2.45, 2.75) is 39.7 Å². The molecule has 20 heavy (non-hydrogen) atoms. The van der Waals surface area contributed by atoms with Crippen molar-refractivity contribution in [3.63, 3.8) is 0 Å². The molecule has 1 heterocycles. The minimum absolute atomic E-state index is 0.0370. The number of nitrogens with one attached hydrogen (secondary N) is 1. The maximum absolute atomic E-state index is 12.0. The average Bonchev–Trinajstić information content (AvgIpc) is 2.40. The van der Waals surface area contributed by atoms with Crippen molar-refractivity contribution in [3.05, 3.63) is 21.7 Å². The Bertz CT molecular complexity index is 513. The van der Waals surface area contributed by atoms with Gasteiger partial charge in [0.15, 0.2) is 0 Å². The van der Waals surface area contributed by atoms with Crippen LogP contribution in [0.5, 0.6) is 0 Å². The molecule has 0 radical (unpaired) electrons. The van der Waals surface area contributed by atoms with E-state index in [4.69, 9.17) is 15.2 Å². The summed E-state index contributed by atoms with van der Waals surface area (Å²) in [6, 6.07) is 0. The molecule has 1 aromatic rings. The largest absolute Gasteiger partial charge is 0.466 e. The summed E-state index contributed by atoms with van der Waals surface area (Å²) in [4.78, 5) is 30.1. The van der Waals surface area contributed by atoms with Gasteiger partial charge in [-0.2, -0.15) is 0 Å². The summed E-state index contributed by atoms with van der Waals surface area (Å²) in [5.74, 6) is -0.0875. The number of esters is 1. The Kier molecular flexibility index (Phi) is 6.17. The molecule has 7 nitrogen and oxygen atoms in total. The van der Waals surface area contributed by atoms with Gasteiger partial charge in [0.1, 0.15) is 17.7 Å². The fourth-order valence-electron chi connectivity index (χ4n) is 1.80. The summed E-state index contributed by atoms with van der Waals surface area (Å²) < 4.78 is 10.3. The molecule has 0 spiro atoms. The molecule has 0 aliphatic rings. The first-order valence-electron chi connectivity index (χ1n) is 6.69. The number of rotatable bonds is 7. The first-order valence-corrected chi connectivity index (χ1v) is 6.69. The molecular weight excluding hydrogens is 262 g/mol. The van der Waals surface area contributed by atoms with Crippen LogP contribution in [0.25, 0.3) is 0 Å². The molecule has 1 rings (SSSR count). The Hall–Kier alpha value is -1.89. The van der Waals surface area contributed by atoms with Gasteiger partial charge in [0.25, 0.3) is 5.56 Å². The van der Waals surface area contributed by atoms with Gasteiger partial charge in [0.05, 0.1) is 18.6 Å². The number of nitrogens with zero attached hydrogens (tertiary/aromatic N) is 1. The molecule has 1 unspecified atom stereocenters. The highest BCUT2D eigenvalue weighted by Crippen LogP contribution is 2.17. The highest BCUT2D eigenvalue weighted by molar-refractivity contribution is 5.74. The fraction of sp³-hybridized carbons (Fsp3) is 0.615. The summed E-state index contributed by atoms with van der Waals surface area (Å²) in [6.07, 6.45) is 0.160. The minimum atomic E-state index is -0.504. The lowest BCUT2D eigenvalue weighted by molar-refractivity contribution is -0.142. The summed E-state index contributed by atoms with van der Waals surface area (Å²) in [6.45, 7) is 6.24. The van der Waals surface area contributed by atoms with Crippen LogP contribution >= 0.6 is 0 Å². The maximum atomic E-state index is 12.0. The number of hydrogen-bond donors (Lipinski definition) is 2. The van der Waals surface area contributed by atoms with E-state index in [-0.39, 0.29) is 30.5 Å². The van der Waals surface area contributed by atoms with Gasteiger partial charge < -0.3 is 20.2 Å². The van der Waals surface area contributed by atoms with Crippen molar-refractivity contribution in [3.8, 4) is 0 Å². The zero-order chi connectivity index (χ0) is 15.1. The number of carbonyl (C=O) groups excluding carboxylic acids is 1. The number of anilines is 1. The third-order valence-corrected chi connectivity index (χ3v) is 2.74. The molecule has 0 bridgehead atoms. The van der Waals surface area contributed by atoms with Crippen molar-refractivity contribution in [2.75, 3.05) is 18.9 Å². The molecule has 0 aromatic carbocycles. The lowest BCUT2D eigenvalue weighted by Crippen LogP contribution is -2.24. The third kappa shape index (κ3) is 4.06. The minimum Gasteiger partial charge on any atom is -0.466 e. The summed E-state index contributed by atoms with van der Waals surface area (Å²) in [5, 5.41) is 0. The average molecular weight is 283 g/mol. The molecule has 0 fully saturated rings. The Morgan fingerprint density at radius 2 is 2.05 bits per heavy atom. The van der Waals surface area contributed by atoms with Gasteiger partial charge in [0, 0.05) is 6.61 Å². The smallest absolute Gasteiger partial charge is 0.310 e. The molecule has 7 heteroatoms. The second-order valence-corrected chi connectivity index (χ2v) is 4.15. The van der Waals surface area contributed by atoms with Crippen molar-refractivity contribution in [2.24, 2.45) is 0 Å². The van der Waals surface area contributed by atoms with E-state index in [0.29, 0.717) is 18.9 Å². The molecule has 3 N–H and O–H groups in total. The van der Waals surface area contributed by atoms with Gasteiger partial charge in [0.2, 0.25) is 0 Å². The van der Waals surface area contributed by atoms with Crippen LogP contribution in [0.1, 0.15) is 44.7 Å². The third-order valence-electron chi connectivity index (χ3n) is 2.74. The lowest BCUT2D eigenvalue weighted by atomic mass is 10.2. The summed E-state index contributed by atoms with van der Waals surface area (Å²) in [5.41, 5.74) is 5.45. The number of hydrogen-bond acceptors (Lipinski definition) is 6. The molecule has 0 aliphatic heterocycles. The van der Waals surface area contributed by atoms with E-state index < -0.39 is 11.5 Å². The molecule has 1 aromatic heterocycles. The van der Waals surface area contributed by atoms with Gasteiger partial charge >= 0.3 is 5.97 Å². The number of nitrogens with two attached hydrogens (primary N) is 1. The number of carbonyl (C=O) groups is 1. The highest BCUT2D eigenvalue weighted by atomic mass is 16.5. The van der Waals surface area contributed by atoms with E-state index in [2.05, 4.69) is 9.97 Å². The monoisotopic (exact) mass is 283 g/mol. The topological polar surface area (TPSA) is 107 Å². The van der Waals surface area contributed by atoms with Crippen LogP contribution in [0.4, 0.5) is 5.82 Å². The van der Waals surface area contributed by atoms with Crippen LogP contribution in [0.15, 0.2) is 4.79 Å². The highest BCUT2D eigenvalue weighted by Gasteiger charge is 2.18. The zero-order valence-electron chi connectivity index (χ0n) is 12.1. The SMILES string of the molecule is CCOC(=O)Cc1c(N)nc(C(CC)OCC)[nH]c1=O. The van der Waals surface area contributed by atoms with Gasteiger partial charge in [-0.25, -0.2) is 4.98 Å². The van der Waals surface area contributed by atoms with Gasteiger partial charge in [-0.15, -0.1) is 0 Å².